The molecule has 2 atom stereocenters. The van der Waals surface area contributed by atoms with E-state index in [-0.39, 0.29) is 18.1 Å². The lowest BCUT2D eigenvalue weighted by Gasteiger charge is -2.27. The Morgan fingerprint density at radius 3 is 2.75 bits per heavy atom. The molecule has 1 aromatic rings. The number of nitrogens with zero attached hydrogens (tertiary/aromatic N) is 1. The first kappa shape index (κ1) is 22.2. The number of carbonyl (C=O) groups excluding carboxylic acids is 1. The minimum Gasteiger partial charge on any atom is -0.490 e. The first-order valence-corrected chi connectivity index (χ1v) is 10.2. The van der Waals surface area contributed by atoms with Crippen LogP contribution in [0.1, 0.15) is 57.1 Å². The fourth-order valence-electron chi connectivity index (χ4n) is 4.03. The van der Waals surface area contributed by atoms with Crippen molar-refractivity contribution in [2.75, 3.05) is 14.1 Å². The quantitative estimate of drug-likeness (QED) is 0.589. The third-order valence-electron chi connectivity index (χ3n) is 5.71. The number of likely N-dealkylation sites (N-methyl/N-ethyl adjacent to an activating group) is 2. The van der Waals surface area contributed by atoms with Gasteiger partial charge in [0.1, 0.15) is 5.75 Å². The number of ether oxygens (including phenoxy) is 1. The van der Waals surface area contributed by atoms with E-state index in [1.54, 1.807) is 7.05 Å². The van der Waals surface area contributed by atoms with E-state index in [0.717, 1.165) is 42.6 Å². The van der Waals surface area contributed by atoms with Crippen molar-refractivity contribution in [1.29, 1.82) is 0 Å². The van der Waals surface area contributed by atoms with Crippen molar-refractivity contribution in [2.45, 2.75) is 64.6 Å². The van der Waals surface area contributed by atoms with Crippen LogP contribution in [-0.2, 0) is 11.3 Å². The van der Waals surface area contributed by atoms with Crippen molar-refractivity contribution >= 4 is 12.0 Å². The molecule has 1 amide bonds. The highest BCUT2D eigenvalue weighted by atomic mass is 16.5. The molecule has 0 aliphatic heterocycles. The number of hydrogen-bond acceptors (Lipinski definition) is 3. The van der Waals surface area contributed by atoms with Gasteiger partial charge < -0.3 is 10.1 Å². The molecule has 2 rings (SSSR count). The summed E-state index contributed by atoms with van der Waals surface area (Å²) in [5.74, 6) is 0.935. The molecule has 0 radical (unpaired) electrons. The van der Waals surface area contributed by atoms with Gasteiger partial charge in [-0.2, -0.15) is 0 Å². The Bertz CT molecular complexity index is 696. The summed E-state index contributed by atoms with van der Waals surface area (Å²) >= 11 is 0. The SMILES string of the molecule is C=CCCC(C(=O)NC)N(C)Cc1cc(OC2CCC(C)(C)C2)ccc1C=C. The van der Waals surface area contributed by atoms with Gasteiger partial charge in [0.15, 0.2) is 0 Å². The predicted octanol–water partition coefficient (Wildman–Crippen LogP) is 4.80. The van der Waals surface area contributed by atoms with Gasteiger partial charge in [0.2, 0.25) is 5.91 Å². The average Bonchev–Trinajstić information content (AvgIpc) is 3.00. The van der Waals surface area contributed by atoms with E-state index < -0.39 is 0 Å². The number of hydrogen-bond donors (Lipinski definition) is 1. The molecule has 1 aliphatic carbocycles. The second-order valence-corrected chi connectivity index (χ2v) is 8.62. The smallest absolute Gasteiger partial charge is 0.237 e. The Morgan fingerprint density at radius 1 is 1.43 bits per heavy atom. The van der Waals surface area contributed by atoms with Gasteiger partial charge in [-0.1, -0.05) is 38.6 Å². The standard InChI is InChI=1S/C24H36N2O2/c1-7-9-10-22(23(27)25-5)26(6)17-19-15-20(12-11-18(19)8-2)28-21-13-14-24(3,4)16-21/h7-8,11-12,15,21-22H,1-2,9-10,13-14,16-17H2,3-6H3,(H,25,27). The predicted molar refractivity (Wildman–Crippen MR) is 117 cm³/mol. The van der Waals surface area contributed by atoms with Crippen molar-refractivity contribution in [3.63, 3.8) is 0 Å². The zero-order valence-corrected chi connectivity index (χ0v) is 18.0. The maximum atomic E-state index is 12.3. The lowest BCUT2D eigenvalue weighted by Crippen LogP contribution is -2.43. The van der Waals surface area contributed by atoms with E-state index in [4.69, 9.17) is 4.74 Å². The zero-order valence-electron chi connectivity index (χ0n) is 18.0. The maximum absolute atomic E-state index is 12.3. The summed E-state index contributed by atoms with van der Waals surface area (Å²) in [5, 5.41) is 2.78. The molecule has 0 saturated heterocycles. The van der Waals surface area contributed by atoms with Crippen molar-refractivity contribution < 1.29 is 9.53 Å². The Morgan fingerprint density at radius 2 is 2.18 bits per heavy atom. The van der Waals surface area contributed by atoms with E-state index >= 15 is 0 Å². The number of rotatable bonds is 10. The molecule has 0 heterocycles. The van der Waals surface area contributed by atoms with Crippen molar-refractivity contribution in [3.8, 4) is 5.75 Å². The largest absolute Gasteiger partial charge is 0.490 e. The average molecular weight is 385 g/mol. The highest BCUT2D eigenvalue weighted by Crippen LogP contribution is 2.39. The fraction of sp³-hybridized carbons (Fsp3) is 0.542. The van der Waals surface area contributed by atoms with Gasteiger partial charge in [0.05, 0.1) is 12.1 Å². The Balaban J connectivity index is 2.14. The van der Waals surface area contributed by atoms with Crippen molar-refractivity contribution in [2.24, 2.45) is 5.41 Å². The van der Waals surface area contributed by atoms with Crippen LogP contribution in [-0.4, -0.2) is 37.0 Å². The van der Waals surface area contributed by atoms with E-state index in [0.29, 0.717) is 12.0 Å². The molecule has 0 spiro atoms. The van der Waals surface area contributed by atoms with E-state index in [2.05, 4.69) is 49.4 Å². The lowest BCUT2D eigenvalue weighted by atomic mass is 9.92. The van der Waals surface area contributed by atoms with Crippen LogP contribution < -0.4 is 10.1 Å². The van der Waals surface area contributed by atoms with E-state index in [9.17, 15) is 4.79 Å². The molecule has 2 unspecified atom stereocenters. The van der Waals surface area contributed by atoms with Gasteiger partial charge in [0.25, 0.3) is 0 Å². The van der Waals surface area contributed by atoms with Gasteiger partial charge in [-0.25, -0.2) is 0 Å². The van der Waals surface area contributed by atoms with Crippen LogP contribution in [0.4, 0.5) is 0 Å². The van der Waals surface area contributed by atoms with Crippen LogP contribution in [0, 0.1) is 5.41 Å². The highest BCUT2D eigenvalue weighted by molar-refractivity contribution is 5.81. The molecule has 1 N–H and O–H groups in total. The summed E-state index contributed by atoms with van der Waals surface area (Å²) in [6.07, 6.45) is 8.95. The number of allylic oxidation sites excluding steroid dienone is 1. The minimum atomic E-state index is -0.194. The molecule has 4 nitrogen and oxygen atoms in total. The molecular formula is C24H36N2O2. The minimum absolute atomic E-state index is 0.0325. The Hall–Kier alpha value is -2.07. The third kappa shape index (κ3) is 5.96. The Kier molecular flexibility index (Phi) is 7.88. The van der Waals surface area contributed by atoms with Crippen LogP contribution >= 0.6 is 0 Å². The molecule has 0 bridgehead atoms. The van der Waals surface area contributed by atoms with E-state index in [1.165, 1.54) is 6.42 Å². The molecule has 1 aliphatic rings. The molecule has 1 saturated carbocycles. The number of benzene rings is 1. The molecular weight excluding hydrogens is 348 g/mol. The third-order valence-corrected chi connectivity index (χ3v) is 5.71. The van der Waals surface area contributed by atoms with Crippen LogP contribution in [0.25, 0.3) is 6.08 Å². The number of carbonyl (C=O) groups is 1. The van der Waals surface area contributed by atoms with Gasteiger partial charge in [-0.3, -0.25) is 9.69 Å². The second kappa shape index (κ2) is 9.92. The molecule has 0 aromatic heterocycles. The topological polar surface area (TPSA) is 41.6 Å². The van der Waals surface area contributed by atoms with Crippen LogP contribution in [0.15, 0.2) is 37.4 Å². The first-order valence-electron chi connectivity index (χ1n) is 10.2. The number of nitrogens with one attached hydrogen (secondary N) is 1. The van der Waals surface area contributed by atoms with Gasteiger partial charge >= 0.3 is 0 Å². The molecule has 1 aromatic carbocycles. The van der Waals surface area contributed by atoms with Crippen molar-refractivity contribution in [1.82, 2.24) is 10.2 Å². The summed E-state index contributed by atoms with van der Waals surface area (Å²) in [6.45, 7) is 13.0. The monoisotopic (exact) mass is 384 g/mol. The summed E-state index contributed by atoms with van der Waals surface area (Å²) in [6, 6.07) is 6.00. The second-order valence-electron chi connectivity index (χ2n) is 8.62. The van der Waals surface area contributed by atoms with Crippen molar-refractivity contribution in [3.05, 3.63) is 48.6 Å². The number of amides is 1. The fourth-order valence-corrected chi connectivity index (χ4v) is 4.03. The summed E-state index contributed by atoms with van der Waals surface area (Å²) in [5.41, 5.74) is 2.56. The van der Waals surface area contributed by atoms with Crippen LogP contribution in [0.2, 0.25) is 0 Å². The molecule has 154 valence electrons. The first-order chi connectivity index (χ1) is 13.3. The molecule has 1 fully saturated rings. The summed E-state index contributed by atoms with van der Waals surface area (Å²) in [4.78, 5) is 14.4. The van der Waals surface area contributed by atoms with Gasteiger partial charge in [-0.15, -0.1) is 6.58 Å². The summed E-state index contributed by atoms with van der Waals surface area (Å²) in [7, 11) is 3.67. The summed E-state index contributed by atoms with van der Waals surface area (Å²) < 4.78 is 6.28. The van der Waals surface area contributed by atoms with Gasteiger partial charge in [-0.05, 0) is 67.8 Å². The maximum Gasteiger partial charge on any atom is 0.237 e. The lowest BCUT2D eigenvalue weighted by molar-refractivity contribution is -0.125. The zero-order chi connectivity index (χ0) is 20.7. The van der Waals surface area contributed by atoms with Crippen LogP contribution in [0.5, 0.6) is 5.75 Å². The van der Waals surface area contributed by atoms with Gasteiger partial charge in [0, 0.05) is 13.6 Å². The molecule has 4 heteroatoms. The Labute approximate surface area is 170 Å². The molecule has 28 heavy (non-hydrogen) atoms. The van der Waals surface area contributed by atoms with Crippen LogP contribution in [0.3, 0.4) is 0 Å². The highest BCUT2D eigenvalue weighted by Gasteiger charge is 2.32. The van der Waals surface area contributed by atoms with E-state index in [1.807, 2.05) is 25.3 Å². The normalized spacial score (nSPS) is 19.2.